The standard InChI is InChI=1S/C14H22N4O2S/c1-8(2)18-10(4)13(9(3)17-18)16-14(20)11-7-21-6-5-12(19)15-11/h8,11H,5-7H2,1-4H3,(H,15,19)(H,16,20). The molecule has 1 aromatic rings. The third kappa shape index (κ3) is 3.58. The number of aryl methyl sites for hydroxylation is 1. The first-order valence-corrected chi connectivity index (χ1v) is 8.29. The third-order valence-electron chi connectivity index (χ3n) is 3.47. The summed E-state index contributed by atoms with van der Waals surface area (Å²) in [6.45, 7) is 7.92. The molecule has 116 valence electrons. The van der Waals surface area contributed by atoms with Crippen molar-refractivity contribution in [3.63, 3.8) is 0 Å². The van der Waals surface area contributed by atoms with Gasteiger partial charge in [0, 0.05) is 24.0 Å². The SMILES string of the molecule is Cc1nn(C(C)C)c(C)c1NC(=O)C1CSCCC(=O)N1. The Kier molecular flexibility index (Phi) is 4.92. The minimum Gasteiger partial charge on any atom is -0.343 e. The van der Waals surface area contributed by atoms with Gasteiger partial charge in [-0.3, -0.25) is 14.3 Å². The highest BCUT2D eigenvalue weighted by Gasteiger charge is 2.25. The molecule has 1 aromatic heterocycles. The zero-order chi connectivity index (χ0) is 15.6. The van der Waals surface area contributed by atoms with Gasteiger partial charge < -0.3 is 10.6 Å². The third-order valence-corrected chi connectivity index (χ3v) is 4.53. The largest absolute Gasteiger partial charge is 0.343 e. The number of hydrogen-bond acceptors (Lipinski definition) is 4. The van der Waals surface area contributed by atoms with Crippen molar-refractivity contribution in [3.05, 3.63) is 11.4 Å². The second-order valence-electron chi connectivity index (χ2n) is 5.52. The quantitative estimate of drug-likeness (QED) is 0.890. The highest BCUT2D eigenvalue weighted by molar-refractivity contribution is 7.99. The van der Waals surface area contributed by atoms with E-state index in [9.17, 15) is 9.59 Å². The lowest BCUT2D eigenvalue weighted by Gasteiger charge is -2.15. The number of nitrogens with zero attached hydrogens (tertiary/aromatic N) is 2. The van der Waals surface area contributed by atoms with Gasteiger partial charge in [0.05, 0.1) is 17.1 Å². The average molecular weight is 310 g/mol. The molecule has 2 rings (SSSR count). The number of hydrogen-bond donors (Lipinski definition) is 2. The fraction of sp³-hybridized carbons (Fsp3) is 0.643. The van der Waals surface area contributed by atoms with Crippen molar-refractivity contribution in [2.24, 2.45) is 0 Å². The molecule has 1 fully saturated rings. The Balaban J connectivity index is 2.14. The normalized spacial score (nSPS) is 19.3. The molecule has 0 aromatic carbocycles. The zero-order valence-corrected chi connectivity index (χ0v) is 13.7. The number of thioether (sulfide) groups is 1. The first-order valence-electron chi connectivity index (χ1n) is 7.13. The van der Waals surface area contributed by atoms with Gasteiger partial charge in [-0.25, -0.2) is 0 Å². The van der Waals surface area contributed by atoms with Crippen LogP contribution in [0.25, 0.3) is 0 Å². The van der Waals surface area contributed by atoms with E-state index in [0.717, 1.165) is 22.8 Å². The van der Waals surface area contributed by atoms with Crippen molar-refractivity contribution in [3.8, 4) is 0 Å². The molecule has 2 heterocycles. The van der Waals surface area contributed by atoms with Crippen LogP contribution in [0.15, 0.2) is 0 Å². The van der Waals surface area contributed by atoms with Crippen LogP contribution in [-0.2, 0) is 9.59 Å². The van der Waals surface area contributed by atoms with Crippen molar-refractivity contribution in [1.29, 1.82) is 0 Å². The summed E-state index contributed by atoms with van der Waals surface area (Å²) in [5.74, 6) is 1.13. The monoisotopic (exact) mass is 310 g/mol. The lowest BCUT2D eigenvalue weighted by molar-refractivity contribution is -0.125. The van der Waals surface area contributed by atoms with Crippen molar-refractivity contribution in [2.75, 3.05) is 16.8 Å². The fourth-order valence-corrected chi connectivity index (χ4v) is 3.34. The molecule has 0 bridgehead atoms. The molecule has 2 N–H and O–H groups in total. The van der Waals surface area contributed by atoms with E-state index in [1.54, 1.807) is 11.8 Å². The van der Waals surface area contributed by atoms with Gasteiger partial charge in [0.2, 0.25) is 11.8 Å². The van der Waals surface area contributed by atoms with Crippen LogP contribution in [0.4, 0.5) is 5.69 Å². The van der Waals surface area contributed by atoms with E-state index in [2.05, 4.69) is 15.7 Å². The predicted molar refractivity (Wildman–Crippen MR) is 84.6 cm³/mol. The van der Waals surface area contributed by atoms with Gasteiger partial charge >= 0.3 is 0 Å². The summed E-state index contributed by atoms with van der Waals surface area (Å²) >= 11 is 1.62. The van der Waals surface area contributed by atoms with Crippen LogP contribution in [0.2, 0.25) is 0 Å². The molecule has 1 saturated heterocycles. The summed E-state index contributed by atoms with van der Waals surface area (Å²) in [5.41, 5.74) is 2.47. The predicted octanol–water partition coefficient (Wildman–Crippen LogP) is 1.64. The van der Waals surface area contributed by atoms with Crippen LogP contribution in [0, 0.1) is 13.8 Å². The van der Waals surface area contributed by atoms with Crippen molar-refractivity contribution >= 4 is 29.3 Å². The molecule has 1 aliphatic heterocycles. The number of amides is 2. The number of rotatable bonds is 3. The Hall–Kier alpha value is -1.50. The van der Waals surface area contributed by atoms with E-state index in [1.807, 2.05) is 32.4 Å². The number of carbonyl (C=O) groups is 2. The smallest absolute Gasteiger partial charge is 0.247 e. The summed E-state index contributed by atoms with van der Waals surface area (Å²) in [7, 11) is 0. The van der Waals surface area contributed by atoms with Gasteiger partial charge in [0.15, 0.2) is 0 Å². The minimum atomic E-state index is -0.480. The van der Waals surface area contributed by atoms with Gasteiger partial charge in [0.1, 0.15) is 6.04 Å². The first-order chi connectivity index (χ1) is 9.90. The van der Waals surface area contributed by atoms with Crippen LogP contribution in [-0.4, -0.2) is 39.1 Å². The lowest BCUT2D eigenvalue weighted by atomic mass is 10.2. The maximum absolute atomic E-state index is 12.4. The second kappa shape index (κ2) is 6.51. The van der Waals surface area contributed by atoms with Crippen molar-refractivity contribution < 1.29 is 9.59 Å². The van der Waals surface area contributed by atoms with E-state index in [1.165, 1.54) is 0 Å². The molecule has 0 spiro atoms. The van der Waals surface area contributed by atoms with Crippen LogP contribution >= 0.6 is 11.8 Å². The highest BCUT2D eigenvalue weighted by Crippen LogP contribution is 2.23. The lowest BCUT2D eigenvalue weighted by Crippen LogP contribution is -2.44. The number of nitrogens with one attached hydrogen (secondary N) is 2. The molecule has 0 saturated carbocycles. The van der Waals surface area contributed by atoms with Gasteiger partial charge in [-0.15, -0.1) is 0 Å². The maximum atomic E-state index is 12.4. The van der Waals surface area contributed by atoms with Crippen LogP contribution < -0.4 is 10.6 Å². The van der Waals surface area contributed by atoms with E-state index in [-0.39, 0.29) is 17.9 Å². The van der Waals surface area contributed by atoms with E-state index in [0.29, 0.717) is 12.2 Å². The number of aromatic nitrogens is 2. The topological polar surface area (TPSA) is 76.0 Å². The van der Waals surface area contributed by atoms with Crippen molar-refractivity contribution in [2.45, 2.75) is 46.2 Å². The molecule has 0 radical (unpaired) electrons. The Morgan fingerprint density at radius 1 is 1.48 bits per heavy atom. The molecule has 7 heteroatoms. The first kappa shape index (κ1) is 15.9. The Labute approximate surface area is 129 Å². The van der Waals surface area contributed by atoms with Crippen LogP contribution in [0.5, 0.6) is 0 Å². The van der Waals surface area contributed by atoms with E-state index in [4.69, 9.17) is 0 Å². The van der Waals surface area contributed by atoms with Gasteiger partial charge in [-0.1, -0.05) is 0 Å². The van der Waals surface area contributed by atoms with E-state index >= 15 is 0 Å². The highest BCUT2D eigenvalue weighted by atomic mass is 32.2. The molecular weight excluding hydrogens is 288 g/mol. The van der Waals surface area contributed by atoms with Gasteiger partial charge in [-0.05, 0) is 27.7 Å². The molecule has 1 unspecified atom stereocenters. The Morgan fingerprint density at radius 2 is 2.19 bits per heavy atom. The molecule has 1 aliphatic rings. The minimum absolute atomic E-state index is 0.0635. The van der Waals surface area contributed by atoms with Gasteiger partial charge in [-0.2, -0.15) is 16.9 Å². The summed E-state index contributed by atoms with van der Waals surface area (Å²) in [4.78, 5) is 23.9. The maximum Gasteiger partial charge on any atom is 0.247 e. The molecule has 2 amide bonds. The molecule has 21 heavy (non-hydrogen) atoms. The van der Waals surface area contributed by atoms with E-state index < -0.39 is 6.04 Å². The molecule has 0 aliphatic carbocycles. The molecule has 1 atom stereocenters. The van der Waals surface area contributed by atoms with Crippen LogP contribution in [0.3, 0.4) is 0 Å². The zero-order valence-electron chi connectivity index (χ0n) is 12.9. The summed E-state index contributed by atoms with van der Waals surface area (Å²) < 4.78 is 1.89. The summed E-state index contributed by atoms with van der Waals surface area (Å²) in [6, 6.07) is -0.242. The molecule has 6 nitrogen and oxygen atoms in total. The summed E-state index contributed by atoms with van der Waals surface area (Å²) in [6.07, 6.45) is 0.470. The second-order valence-corrected chi connectivity index (χ2v) is 6.67. The average Bonchev–Trinajstić information content (AvgIpc) is 2.61. The number of carbonyl (C=O) groups excluding carboxylic acids is 2. The van der Waals surface area contributed by atoms with Crippen LogP contribution in [0.1, 0.15) is 37.7 Å². The fourth-order valence-electron chi connectivity index (χ4n) is 2.37. The summed E-state index contributed by atoms with van der Waals surface area (Å²) in [5, 5.41) is 10.1. The number of anilines is 1. The van der Waals surface area contributed by atoms with Gasteiger partial charge in [0.25, 0.3) is 0 Å². The Bertz CT molecular complexity index is 553. The van der Waals surface area contributed by atoms with Crippen molar-refractivity contribution in [1.82, 2.24) is 15.1 Å². The Morgan fingerprint density at radius 3 is 2.81 bits per heavy atom. The molecular formula is C14H22N4O2S.